The molecule has 16 heavy (non-hydrogen) atoms. The van der Waals surface area contributed by atoms with Gasteiger partial charge >= 0.3 is 0 Å². The molecule has 0 amide bonds. The maximum absolute atomic E-state index is 3.72. The Morgan fingerprint density at radius 2 is 1.94 bits per heavy atom. The molecule has 2 radical (unpaired) electrons. The summed E-state index contributed by atoms with van der Waals surface area (Å²) in [5.74, 6) is 2.09. The van der Waals surface area contributed by atoms with E-state index in [1.807, 2.05) is 0 Å². The van der Waals surface area contributed by atoms with Crippen molar-refractivity contribution in [3.63, 3.8) is 0 Å². The zero-order valence-electron chi connectivity index (χ0n) is 11.4. The van der Waals surface area contributed by atoms with Gasteiger partial charge in [-0.05, 0) is 48.7 Å². The number of hydrogen-bond acceptors (Lipinski definition) is 0. The lowest BCUT2D eigenvalue weighted by molar-refractivity contribution is 0.408. The van der Waals surface area contributed by atoms with Crippen LogP contribution in [-0.4, -0.2) is 0 Å². The van der Waals surface area contributed by atoms with Gasteiger partial charge in [0.05, 0.1) is 0 Å². The first kappa shape index (κ1) is 12.0. The Morgan fingerprint density at radius 1 is 1.25 bits per heavy atom. The van der Waals surface area contributed by atoms with Gasteiger partial charge in [0.1, 0.15) is 0 Å². The number of allylic oxidation sites excluding steroid dienone is 4. The van der Waals surface area contributed by atoms with E-state index in [9.17, 15) is 0 Å². The van der Waals surface area contributed by atoms with Crippen molar-refractivity contribution in [1.29, 1.82) is 0 Å². The zero-order valence-corrected chi connectivity index (χ0v) is 11.4. The quantitative estimate of drug-likeness (QED) is 0.621. The van der Waals surface area contributed by atoms with Crippen LogP contribution in [0.5, 0.6) is 0 Å². The second-order valence-electron chi connectivity index (χ2n) is 5.64. The minimum atomic E-state index is 0.627. The molecule has 2 aliphatic carbocycles. The van der Waals surface area contributed by atoms with E-state index in [-0.39, 0.29) is 0 Å². The van der Waals surface area contributed by atoms with Gasteiger partial charge < -0.3 is 0 Å². The summed E-state index contributed by atoms with van der Waals surface area (Å²) in [5, 5.41) is 0. The largest absolute Gasteiger partial charge is 0.0651 e. The van der Waals surface area contributed by atoms with Crippen molar-refractivity contribution in [2.75, 3.05) is 0 Å². The van der Waals surface area contributed by atoms with Gasteiger partial charge in [0.15, 0.2) is 0 Å². The average molecular weight is 216 g/mol. The fraction of sp³-hybridized carbons (Fsp3) is 0.688. The van der Waals surface area contributed by atoms with Crippen LogP contribution in [0.1, 0.15) is 53.9 Å². The third kappa shape index (κ3) is 1.77. The van der Waals surface area contributed by atoms with Gasteiger partial charge in [-0.15, -0.1) is 0 Å². The van der Waals surface area contributed by atoms with Gasteiger partial charge in [-0.3, -0.25) is 0 Å². The summed E-state index contributed by atoms with van der Waals surface area (Å²) in [5.41, 5.74) is 6.39. The third-order valence-electron chi connectivity index (χ3n) is 4.51. The summed E-state index contributed by atoms with van der Waals surface area (Å²) in [6, 6.07) is 0. The highest BCUT2D eigenvalue weighted by Crippen LogP contribution is 2.48. The number of hydrogen-bond donors (Lipinski definition) is 0. The standard InChI is InChI=1S/C16H24/c1-6-7-14-12(4)15-8-10(2)11(3)9-16(15)13(14)5/h10-12H,6-8H2,1-5H3. The lowest BCUT2D eigenvalue weighted by atomic mass is 9.76. The van der Waals surface area contributed by atoms with Crippen LogP contribution in [-0.2, 0) is 0 Å². The van der Waals surface area contributed by atoms with Crippen LogP contribution < -0.4 is 0 Å². The summed E-state index contributed by atoms with van der Waals surface area (Å²) >= 11 is 0. The minimum Gasteiger partial charge on any atom is -0.0651 e. The molecule has 0 saturated heterocycles. The van der Waals surface area contributed by atoms with Gasteiger partial charge in [0.25, 0.3) is 0 Å². The molecule has 3 unspecified atom stereocenters. The van der Waals surface area contributed by atoms with Crippen molar-refractivity contribution >= 4 is 0 Å². The smallest absolute Gasteiger partial charge is 0.0201 e. The Hall–Kier alpha value is -0.520. The molecule has 0 bridgehead atoms. The average Bonchev–Trinajstić information content (AvgIpc) is 2.46. The predicted octanol–water partition coefficient (Wildman–Crippen LogP) is 4.81. The summed E-state index contributed by atoms with van der Waals surface area (Å²) in [4.78, 5) is 0. The molecule has 0 spiro atoms. The van der Waals surface area contributed by atoms with E-state index in [2.05, 4.69) is 41.0 Å². The second kappa shape index (κ2) is 4.39. The van der Waals surface area contributed by atoms with Crippen molar-refractivity contribution in [1.82, 2.24) is 0 Å². The van der Waals surface area contributed by atoms with E-state index in [0.29, 0.717) is 11.8 Å². The Balaban J connectivity index is 2.29. The van der Waals surface area contributed by atoms with Crippen molar-refractivity contribution < 1.29 is 0 Å². The van der Waals surface area contributed by atoms with E-state index in [1.54, 1.807) is 16.7 Å². The van der Waals surface area contributed by atoms with E-state index in [4.69, 9.17) is 0 Å². The fourth-order valence-corrected chi connectivity index (χ4v) is 3.20. The second-order valence-corrected chi connectivity index (χ2v) is 5.64. The molecule has 3 atom stereocenters. The van der Waals surface area contributed by atoms with E-state index in [1.165, 1.54) is 24.8 Å². The molecule has 0 N–H and O–H groups in total. The first-order valence-corrected chi connectivity index (χ1v) is 6.75. The molecular formula is C16H24. The van der Waals surface area contributed by atoms with Gasteiger partial charge in [-0.1, -0.05) is 45.3 Å². The van der Waals surface area contributed by atoms with Crippen molar-refractivity contribution in [2.45, 2.75) is 53.9 Å². The molecule has 0 saturated carbocycles. The molecule has 0 aromatic rings. The molecule has 0 heterocycles. The monoisotopic (exact) mass is 216 g/mol. The van der Waals surface area contributed by atoms with Gasteiger partial charge in [0, 0.05) is 6.42 Å². The molecular weight excluding hydrogens is 192 g/mol. The Kier molecular flexibility index (Phi) is 3.28. The van der Waals surface area contributed by atoms with Crippen LogP contribution in [0, 0.1) is 24.2 Å². The van der Waals surface area contributed by atoms with Crippen molar-refractivity contribution in [3.05, 3.63) is 28.7 Å². The summed E-state index contributed by atoms with van der Waals surface area (Å²) in [6.07, 6.45) is 7.54. The molecule has 0 fully saturated rings. The molecule has 0 aromatic heterocycles. The van der Waals surface area contributed by atoms with Gasteiger partial charge in [0.2, 0.25) is 0 Å². The lowest BCUT2D eigenvalue weighted by Crippen LogP contribution is -2.18. The topological polar surface area (TPSA) is 0 Å². The summed E-state index contributed by atoms with van der Waals surface area (Å²) in [6.45, 7) is 11.6. The normalized spacial score (nSPS) is 34.7. The number of rotatable bonds is 2. The maximum atomic E-state index is 3.72. The van der Waals surface area contributed by atoms with E-state index < -0.39 is 0 Å². The molecule has 0 heteroatoms. The van der Waals surface area contributed by atoms with E-state index >= 15 is 0 Å². The van der Waals surface area contributed by atoms with Gasteiger partial charge in [-0.2, -0.15) is 0 Å². The van der Waals surface area contributed by atoms with Crippen LogP contribution in [0.4, 0.5) is 0 Å². The predicted molar refractivity (Wildman–Crippen MR) is 70.0 cm³/mol. The molecule has 2 rings (SSSR count). The highest BCUT2D eigenvalue weighted by molar-refractivity contribution is 5.53. The first-order chi connectivity index (χ1) is 7.56. The highest BCUT2D eigenvalue weighted by atomic mass is 14.4. The van der Waals surface area contributed by atoms with Crippen LogP contribution in [0.2, 0.25) is 0 Å². The molecule has 0 aliphatic heterocycles. The van der Waals surface area contributed by atoms with Crippen molar-refractivity contribution in [2.24, 2.45) is 17.8 Å². The maximum Gasteiger partial charge on any atom is 0.0201 e. The van der Waals surface area contributed by atoms with E-state index in [0.717, 1.165) is 5.92 Å². The molecule has 0 aromatic carbocycles. The molecule has 88 valence electrons. The molecule has 0 nitrogen and oxygen atoms in total. The highest BCUT2D eigenvalue weighted by Gasteiger charge is 2.34. The Bertz CT molecular complexity index is 343. The zero-order chi connectivity index (χ0) is 11.9. The minimum absolute atomic E-state index is 0.627. The van der Waals surface area contributed by atoms with Crippen LogP contribution in [0.15, 0.2) is 22.3 Å². The summed E-state index contributed by atoms with van der Waals surface area (Å²) < 4.78 is 0. The van der Waals surface area contributed by atoms with Gasteiger partial charge in [-0.25, -0.2) is 0 Å². The SMILES string of the molecule is CCCC1=C(C)C2=C(CC(C)C(C)[C]2)C1C. The Morgan fingerprint density at radius 3 is 2.56 bits per heavy atom. The van der Waals surface area contributed by atoms with Crippen LogP contribution >= 0.6 is 0 Å². The Labute approximate surface area is 101 Å². The van der Waals surface area contributed by atoms with Crippen molar-refractivity contribution in [3.8, 4) is 0 Å². The molecule has 2 aliphatic rings. The fourth-order valence-electron chi connectivity index (χ4n) is 3.20. The van der Waals surface area contributed by atoms with Crippen LogP contribution in [0.3, 0.4) is 0 Å². The van der Waals surface area contributed by atoms with Crippen LogP contribution in [0.25, 0.3) is 0 Å². The summed E-state index contributed by atoms with van der Waals surface area (Å²) in [7, 11) is 0. The first-order valence-electron chi connectivity index (χ1n) is 6.75. The lowest BCUT2D eigenvalue weighted by Gasteiger charge is -2.29. The third-order valence-corrected chi connectivity index (χ3v) is 4.51.